The number of nitrogens with one attached hydrogen (secondary N) is 1. The van der Waals surface area contributed by atoms with Crippen LogP contribution in [0.25, 0.3) is 0 Å². The minimum Gasteiger partial charge on any atom is -0.493 e. The Morgan fingerprint density at radius 3 is 2.67 bits per heavy atom. The van der Waals surface area contributed by atoms with Gasteiger partial charge in [0.2, 0.25) is 0 Å². The van der Waals surface area contributed by atoms with Crippen LogP contribution in [0.4, 0.5) is 0 Å². The van der Waals surface area contributed by atoms with Gasteiger partial charge in [0.15, 0.2) is 16.9 Å². The molecule has 2 N–H and O–H groups in total. The van der Waals surface area contributed by atoms with E-state index in [0.717, 1.165) is 11.3 Å². The number of carboxylic acids is 1. The van der Waals surface area contributed by atoms with Crippen LogP contribution in [0.2, 0.25) is 0 Å². The summed E-state index contributed by atoms with van der Waals surface area (Å²) in [6, 6.07) is 5.65. The van der Waals surface area contributed by atoms with E-state index in [9.17, 15) is 4.79 Å². The summed E-state index contributed by atoms with van der Waals surface area (Å²) in [6.45, 7) is 0. The second-order valence-corrected chi connectivity index (χ2v) is 5.02. The normalized spacial score (nSPS) is 22.8. The van der Waals surface area contributed by atoms with Crippen molar-refractivity contribution in [2.24, 2.45) is 0 Å². The highest BCUT2D eigenvalue weighted by atomic mass is 32.2. The van der Waals surface area contributed by atoms with Crippen molar-refractivity contribution in [1.82, 2.24) is 5.32 Å². The van der Waals surface area contributed by atoms with E-state index >= 15 is 0 Å². The lowest BCUT2D eigenvalue weighted by molar-refractivity contribution is -0.137. The smallest absolute Gasteiger partial charge is 0.331 e. The number of ether oxygens (including phenoxy) is 2. The van der Waals surface area contributed by atoms with Crippen molar-refractivity contribution in [3.8, 4) is 11.5 Å². The van der Waals surface area contributed by atoms with Gasteiger partial charge in [0.1, 0.15) is 0 Å². The Kier molecular flexibility index (Phi) is 3.98. The van der Waals surface area contributed by atoms with Crippen molar-refractivity contribution in [1.29, 1.82) is 0 Å². The minimum atomic E-state index is -0.831. The molecule has 2 rings (SSSR count). The van der Waals surface area contributed by atoms with Crippen LogP contribution >= 0.6 is 11.8 Å². The summed E-state index contributed by atoms with van der Waals surface area (Å²) in [5, 5.41) is 11.5. The van der Waals surface area contributed by atoms with Crippen LogP contribution in [0.1, 0.15) is 11.6 Å². The molecule has 1 heterocycles. The first-order valence-corrected chi connectivity index (χ1v) is 6.53. The molecule has 1 saturated heterocycles. The number of thioether (sulfide) groups is 1. The molecule has 98 valence electrons. The molecular formula is C12H15NO4S. The Balaban J connectivity index is 2.17. The zero-order chi connectivity index (χ0) is 13.1. The summed E-state index contributed by atoms with van der Waals surface area (Å²) in [6.07, 6.45) is 0. The van der Waals surface area contributed by atoms with E-state index in [1.165, 1.54) is 11.8 Å². The summed E-state index contributed by atoms with van der Waals surface area (Å²) >= 11 is 1.39. The van der Waals surface area contributed by atoms with Crippen LogP contribution < -0.4 is 14.8 Å². The van der Waals surface area contributed by atoms with Crippen molar-refractivity contribution in [2.75, 3.05) is 20.0 Å². The van der Waals surface area contributed by atoms with Gasteiger partial charge < -0.3 is 14.6 Å². The Morgan fingerprint density at radius 1 is 1.39 bits per heavy atom. The number of aliphatic carboxylic acids is 1. The number of carboxylic acid groups (broad SMARTS) is 1. The number of hydrogen-bond acceptors (Lipinski definition) is 5. The largest absolute Gasteiger partial charge is 0.493 e. The monoisotopic (exact) mass is 269 g/mol. The van der Waals surface area contributed by atoms with Gasteiger partial charge in [-0.2, -0.15) is 0 Å². The number of benzene rings is 1. The molecule has 1 aliphatic heterocycles. The first-order valence-electron chi connectivity index (χ1n) is 5.48. The molecule has 0 aliphatic carbocycles. The summed E-state index contributed by atoms with van der Waals surface area (Å²) in [5.74, 6) is 1.22. The quantitative estimate of drug-likeness (QED) is 0.863. The van der Waals surface area contributed by atoms with Gasteiger partial charge in [-0.1, -0.05) is 6.07 Å². The topological polar surface area (TPSA) is 67.8 Å². The Morgan fingerprint density at radius 2 is 2.11 bits per heavy atom. The van der Waals surface area contributed by atoms with E-state index in [1.54, 1.807) is 14.2 Å². The molecule has 2 atom stereocenters. The third-order valence-corrected chi connectivity index (χ3v) is 4.01. The molecule has 0 bridgehead atoms. The second-order valence-electron chi connectivity index (χ2n) is 3.89. The summed E-state index contributed by atoms with van der Waals surface area (Å²) < 4.78 is 10.4. The molecular weight excluding hydrogens is 254 g/mol. The van der Waals surface area contributed by atoms with E-state index in [0.29, 0.717) is 11.5 Å². The van der Waals surface area contributed by atoms with Gasteiger partial charge in [0.25, 0.3) is 0 Å². The number of rotatable bonds is 4. The van der Waals surface area contributed by atoms with E-state index in [-0.39, 0.29) is 6.04 Å². The first kappa shape index (κ1) is 13.0. The highest BCUT2D eigenvalue weighted by Crippen LogP contribution is 2.34. The van der Waals surface area contributed by atoms with Gasteiger partial charge in [-0.15, -0.1) is 11.8 Å². The SMILES string of the molecule is COc1ccc([C@@H]2CS[C@@H](C(=O)O)N2)cc1OC. The molecule has 0 radical (unpaired) electrons. The van der Waals surface area contributed by atoms with Gasteiger partial charge in [0, 0.05) is 11.8 Å². The molecule has 0 amide bonds. The van der Waals surface area contributed by atoms with Crippen molar-refractivity contribution >= 4 is 17.7 Å². The van der Waals surface area contributed by atoms with Crippen LogP contribution in [0.5, 0.6) is 11.5 Å². The fourth-order valence-electron chi connectivity index (χ4n) is 1.88. The molecule has 6 heteroatoms. The third-order valence-electron chi connectivity index (χ3n) is 2.82. The Bertz CT molecular complexity index is 452. The maximum Gasteiger partial charge on any atom is 0.331 e. The zero-order valence-corrected chi connectivity index (χ0v) is 11.0. The second kappa shape index (κ2) is 5.49. The molecule has 1 aromatic carbocycles. The maximum absolute atomic E-state index is 10.9. The van der Waals surface area contributed by atoms with E-state index in [1.807, 2.05) is 18.2 Å². The van der Waals surface area contributed by atoms with Gasteiger partial charge in [-0.25, -0.2) is 4.79 Å². The fraction of sp³-hybridized carbons (Fsp3) is 0.417. The molecule has 1 aliphatic rings. The molecule has 0 spiro atoms. The van der Waals surface area contributed by atoms with Crippen molar-refractivity contribution in [3.05, 3.63) is 23.8 Å². The predicted octanol–water partition coefficient (Wildman–Crippen LogP) is 1.49. The van der Waals surface area contributed by atoms with Gasteiger partial charge >= 0.3 is 5.97 Å². The van der Waals surface area contributed by atoms with Crippen LogP contribution in [0.3, 0.4) is 0 Å². The fourth-order valence-corrected chi connectivity index (χ4v) is 2.95. The lowest BCUT2D eigenvalue weighted by atomic mass is 10.1. The Labute approximate surface area is 109 Å². The molecule has 1 aromatic rings. The maximum atomic E-state index is 10.9. The number of hydrogen-bond donors (Lipinski definition) is 2. The van der Waals surface area contributed by atoms with Crippen LogP contribution in [0, 0.1) is 0 Å². The third kappa shape index (κ3) is 2.54. The summed E-state index contributed by atoms with van der Waals surface area (Å²) in [5.41, 5.74) is 1.00. The minimum absolute atomic E-state index is 0.0240. The first-order chi connectivity index (χ1) is 8.65. The molecule has 0 saturated carbocycles. The van der Waals surface area contributed by atoms with Gasteiger partial charge in [-0.3, -0.25) is 5.32 Å². The van der Waals surface area contributed by atoms with Crippen molar-refractivity contribution < 1.29 is 19.4 Å². The number of carbonyl (C=O) groups is 1. The predicted molar refractivity (Wildman–Crippen MR) is 69.3 cm³/mol. The van der Waals surface area contributed by atoms with Crippen molar-refractivity contribution in [3.63, 3.8) is 0 Å². The van der Waals surface area contributed by atoms with E-state index in [4.69, 9.17) is 14.6 Å². The summed E-state index contributed by atoms with van der Waals surface area (Å²) in [4.78, 5) is 10.9. The average molecular weight is 269 g/mol. The van der Waals surface area contributed by atoms with Crippen LogP contribution in [-0.4, -0.2) is 36.4 Å². The molecule has 0 aromatic heterocycles. The molecule has 5 nitrogen and oxygen atoms in total. The van der Waals surface area contributed by atoms with Gasteiger partial charge in [-0.05, 0) is 17.7 Å². The molecule has 0 unspecified atom stereocenters. The van der Waals surface area contributed by atoms with E-state index < -0.39 is 11.3 Å². The Hall–Kier alpha value is -1.40. The lowest BCUT2D eigenvalue weighted by Crippen LogP contribution is -2.30. The van der Waals surface area contributed by atoms with Gasteiger partial charge in [0.05, 0.1) is 14.2 Å². The molecule has 18 heavy (non-hydrogen) atoms. The van der Waals surface area contributed by atoms with Crippen molar-refractivity contribution in [2.45, 2.75) is 11.4 Å². The highest BCUT2D eigenvalue weighted by molar-refractivity contribution is 8.00. The van der Waals surface area contributed by atoms with Crippen LogP contribution in [-0.2, 0) is 4.79 Å². The lowest BCUT2D eigenvalue weighted by Gasteiger charge is -2.14. The zero-order valence-electron chi connectivity index (χ0n) is 10.2. The summed E-state index contributed by atoms with van der Waals surface area (Å²) in [7, 11) is 3.17. The average Bonchev–Trinajstić information content (AvgIpc) is 2.87. The standard InChI is InChI=1S/C12H15NO4S/c1-16-9-4-3-7(5-10(9)17-2)8-6-18-11(13-8)12(14)15/h3-5,8,11,13H,6H2,1-2H3,(H,14,15)/t8-,11-/m0/s1. The highest BCUT2D eigenvalue weighted by Gasteiger charge is 2.30. The van der Waals surface area contributed by atoms with E-state index in [2.05, 4.69) is 5.32 Å². The van der Waals surface area contributed by atoms with Crippen LogP contribution in [0.15, 0.2) is 18.2 Å². The number of methoxy groups -OCH3 is 2. The molecule has 1 fully saturated rings.